The molecule has 115 heavy (non-hydrogen) atoms. The van der Waals surface area contributed by atoms with Crippen LogP contribution in [-0.4, -0.2) is 221 Å². The molecule has 2 bridgehead atoms. The van der Waals surface area contributed by atoms with Gasteiger partial charge in [0.05, 0.1) is 30.2 Å². The highest BCUT2D eigenvalue weighted by Gasteiger charge is 2.40. The number of guanidine groups is 1. The SMILES string of the molecule is C[C@@H]1NC(=O)[C@H](CC(N)=O)NC(=O)C(Cc2c[nH]c3ccccc23)N2C[C@H](CCCNC(=N)N)NC(=O)[C@@H](CSCC2=O)NC(=O)[C@@H](Cc2ccccc2)NC(=O)[C@H](Cc2c[nH]cn2)NC(=O)C(NC(=O)[C@@H](N)Cc2ccc(O)cc2)CSSC[C@@H](C(=O)N[C@@H](Cc2ccc(O)cc2)C(N)=O)NC(=O)C(Cc2ccccc2)NC1=O. The summed E-state index contributed by atoms with van der Waals surface area (Å²) in [5.41, 5.74) is 27.3. The van der Waals surface area contributed by atoms with Crippen LogP contribution in [0.1, 0.15) is 59.7 Å². The van der Waals surface area contributed by atoms with E-state index in [0.717, 1.165) is 33.3 Å². The monoisotopic (exact) mass is 1630 g/mol. The van der Waals surface area contributed by atoms with Crippen molar-refractivity contribution in [2.24, 2.45) is 22.9 Å². The van der Waals surface area contributed by atoms with Crippen LogP contribution in [0.5, 0.6) is 11.5 Å². The average molecular weight is 1640 g/mol. The van der Waals surface area contributed by atoms with Crippen LogP contribution >= 0.6 is 33.3 Å². The Hall–Kier alpha value is -12.2. The zero-order valence-electron chi connectivity index (χ0n) is 62.6. The number of aromatic amines is 2. The molecule has 0 radical (unpaired) electrons. The van der Waals surface area contributed by atoms with Gasteiger partial charge in [-0.25, -0.2) is 4.98 Å². The number of imidazole rings is 1. The summed E-state index contributed by atoms with van der Waals surface area (Å²) >= 11 is 0.919. The Kier molecular flexibility index (Phi) is 32.2. The molecule has 3 unspecified atom stereocenters. The van der Waals surface area contributed by atoms with Gasteiger partial charge in [-0.2, -0.15) is 0 Å². The van der Waals surface area contributed by atoms with Gasteiger partial charge in [0, 0.05) is 91.8 Å². The number of fused-ring (bicyclic) bond motifs is 32. The zero-order chi connectivity index (χ0) is 82.7. The Balaban J connectivity index is 1.12. The first-order valence-electron chi connectivity index (χ1n) is 36.9. The second-order valence-electron chi connectivity index (χ2n) is 27.7. The van der Waals surface area contributed by atoms with E-state index in [1.165, 1.54) is 60.7 Å². The molecule has 3 saturated heterocycles. The van der Waals surface area contributed by atoms with Gasteiger partial charge >= 0.3 is 0 Å². The molecule has 13 amide bonds. The second kappa shape index (κ2) is 42.6. The molecule has 5 heterocycles. The quantitative estimate of drug-likeness (QED) is 0.0111. The van der Waals surface area contributed by atoms with Gasteiger partial charge in [0.15, 0.2) is 5.96 Å². The lowest BCUT2D eigenvalue weighted by molar-refractivity contribution is -0.141. The maximum absolute atomic E-state index is 15.5. The molecular weight excluding hydrogens is 1540 g/mol. The van der Waals surface area contributed by atoms with Crippen LogP contribution < -0.4 is 81.4 Å². The van der Waals surface area contributed by atoms with E-state index in [2.05, 4.69) is 73.4 Å². The normalized spacial score (nSPS) is 22.2. The summed E-state index contributed by atoms with van der Waals surface area (Å²) in [7, 11) is 1.79. The minimum absolute atomic E-state index is 0.0480. The Morgan fingerprint density at radius 2 is 1.17 bits per heavy atom. The summed E-state index contributed by atoms with van der Waals surface area (Å²) < 4.78 is 0. The van der Waals surface area contributed by atoms with Crippen molar-refractivity contribution in [3.05, 3.63) is 186 Å². The first kappa shape index (κ1) is 86.8. The first-order chi connectivity index (χ1) is 55.1. The molecule has 35 nitrogen and oxygen atoms in total. The summed E-state index contributed by atoms with van der Waals surface area (Å²) in [5.74, 6) is -14.2. The smallest absolute Gasteiger partial charge is 0.244 e. The number of nitrogens with two attached hydrogens (primary N) is 4. The Bertz CT molecular complexity index is 4570. The lowest BCUT2D eigenvalue weighted by atomic mass is 10.00. The Morgan fingerprint density at radius 1 is 0.600 bits per heavy atom. The number of H-pyrrole nitrogens is 2. The molecule has 10 rings (SSSR count). The van der Waals surface area contributed by atoms with E-state index in [0.29, 0.717) is 38.7 Å². The second-order valence-corrected chi connectivity index (χ2v) is 31.3. The molecule has 0 spiro atoms. The number of aromatic nitrogens is 3. The maximum Gasteiger partial charge on any atom is 0.244 e. The molecule has 3 aliphatic heterocycles. The van der Waals surface area contributed by atoms with E-state index in [1.807, 2.05) is 0 Å². The summed E-state index contributed by atoms with van der Waals surface area (Å²) in [6.45, 7) is 0.942. The highest BCUT2D eigenvalue weighted by Crippen LogP contribution is 2.26. The predicted octanol–water partition coefficient (Wildman–Crippen LogP) is -1.78. The van der Waals surface area contributed by atoms with Gasteiger partial charge in [0.25, 0.3) is 0 Å². The number of thioether (sulfide) groups is 1. The fraction of sp³-hybridized carbons (Fsp3) is 0.364. The van der Waals surface area contributed by atoms with Gasteiger partial charge in [-0.15, -0.1) is 11.8 Å². The fourth-order valence-electron chi connectivity index (χ4n) is 12.7. The Morgan fingerprint density at radius 3 is 1.80 bits per heavy atom. The van der Waals surface area contributed by atoms with Crippen LogP contribution in [0.15, 0.2) is 152 Å². The summed E-state index contributed by atoms with van der Waals surface area (Å²) in [6.07, 6.45) is 2.52. The highest BCUT2D eigenvalue weighted by molar-refractivity contribution is 8.76. The van der Waals surface area contributed by atoms with Crippen molar-refractivity contribution in [3.63, 3.8) is 0 Å². The number of benzene rings is 5. The minimum Gasteiger partial charge on any atom is -0.508 e. The van der Waals surface area contributed by atoms with Crippen LogP contribution in [0.25, 0.3) is 10.9 Å². The number of hydrogen-bond donors (Lipinski definition) is 20. The lowest BCUT2D eigenvalue weighted by Crippen LogP contribution is -2.62. The van der Waals surface area contributed by atoms with E-state index in [9.17, 15) is 39.0 Å². The number of carbonyl (C=O) groups excluding carboxylic acids is 13. The minimum atomic E-state index is -1.84. The third-order valence-electron chi connectivity index (χ3n) is 18.8. The standard InChI is InChI=1S/C77H94N20O15S3/c1-42-67(103)90-56(29-43-11-4-2-5-12-43)70(106)96-62(74(110)89-55(66(80)102)28-46-20-24-51(99)25-21-46)39-115-114-38-61(94-68(104)53(78)27-45-18-22-50(98)23-19-45)75(111)92-58(32-49-35-83-41-86-49)72(108)91-57(30-44-13-6-3-7-14-44)71(107)95-60-37-113-40-65(101)97(36-48(88-73(60)109)15-10-26-84-77(81)82)63(31-47-34-85-54-17-9-8-16-52(47)54)76(112)93-59(33-64(79)100)69(105)87-42/h2-9,11-14,16-25,34-35,41-42,48,53,55-63,85,98-99H,10,15,26-33,36-40,78H2,1H3,(H2,79,100)(H2,80,102)(H,83,86)(H,87,105)(H,88,109)(H,89,110)(H,90,103)(H,91,108)(H,92,111)(H,93,112)(H,94,104)(H,95,107)(H,96,106)(H4,81,82,84)/t42-,48-,53-,55-,56?,57+,58-,59-,60+,61?,62-,63?/m0/s1. The molecule has 2 aromatic heterocycles. The van der Waals surface area contributed by atoms with Crippen LogP contribution in [0, 0.1) is 5.41 Å². The summed E-state index contributed by atoms with van der Waals surface area (Å²) in [6, 6.07) is 17.4. The van der Waals surface area contributed by atoms with E-state index >= 15 is 33.6 Å². The average Bonchev–Trinajstić information content (AvgIpc) is 1.77. The number of nitrogens with zero attached hydrogens (tertiary/aromatic N) is 2. The maximum atomic E-state index is 15.5. The van der Waals surface area contributed by atoms with Crippen molar-refractivity contribution in [1.29, 1.82) is 5.41 Å². The van der Waals surface area contributed by atoms with Crippen molar-refractivity contribution >= 4 is 127 Å². The summed E-state index contributed by atoms with van der Waals surface area (Å²) in [4.78, 5) is 203. The molecule has 3 fully saturated rings. The molecule has 3 aliphatic rings. The van der Waals surface area contributed by atoms with E-state index in [-0.39, 0.29) is 92.6 Å². The van der Waals surface area contributed by atoms with Gasteiger partial charge in [0.1, 0.15) is 71.9 Å². The third-order valence-corrected chi connectivity index (χ3v) is 22.3. The highest BCUT2D eigenvalue weighted by atomic mass is 33.1. The number of carbonyl (C=O) groups is 13. The number of aromatic hydroxyl groups is 2. The zero-order valence-corrected chi connectivity index (χ0v) is 65.0. The molecule has 5 aromatic carbocycles. The van der Waals surface area contributed by atoms with Gasteiger partial charge in [-0.3, -0.25) is 67.7 Å². The number of primary amides is 2. The van der Waals surface area contributed by atoms with Crippen LogP contribution in [-0.2, 0) is 101 Å². The van der Waals surface area contributed by atoms with Crippen molar-refractivity contribution in [3.8, 4) is 11.5 Å². The third kappa shape index (κ3) is 26.7. The number of rotatable bonds is 23. The van der Waals surface area contributed by atoms with Crippen molar-refractivity contribution in [2.75, 3.05) is 36.1 Å². The predicted molar refractivity (Wildman–Crippen MR) is 431 cm³/mol. The summed E-state index contributed by atoms with van der Waals surface area (Å²) in [5, 5.41) is 58.3. The molecule has 610 valence electrons. The molecular formula is C77H94N20O15S3. The molecule has 24 N–H and O–H groups in total. The molecule has 0 saturated carbocycles. The van der Waals surface area contributed by atoms with Gasteiger partial charge in [0.2, 0.25) is 76.8 Å². The van der Waals surface area contributed by atoms with Crippen molar-refractivity contribution < 1.29 is 72.5 Å². The molecule has 38 heteroatoms. The molecule has 7 aromatic rings. The Labute approximate surface area is 673 Å². The van der Waals surface area contributed by atoms with Crippen molar-refractivity contribution in [1.82, 2.24) is 78.3 Å². The molecule has 12 atom stereocenters. The number of hydrogen-bond acceptors (Lipinski definition) is 21. The van der Waals surface area contributed by atoms with E-state index < -0.39 is 174 Å². The topological polar surface area (TPSA) is 570 Å². The lowest BCUT2D eigenvalue weighted by Gasteiger charge is -2.36. The van der Waals surface area contributed by atoms with E-state index in [4.69, 9.17) is 28.3 Å². The fourth-order valence-corrected chi connectivity index (χ4v) is 16.0. The van der Waals surface area contributed by atoms with Crippen molar-refractivity contribution in [2.45, 2.75) is 137 Å². The number of amides is 13. The van der Waals surface area contributed by atoms with Gasteiger partial charge in [-0.1, -0.05) is 125 Å². The first-order valence-corrected chi connectivity index (χ1v) is 40.5. The van der Waals surface area contributed by atoms with Crippen LogP contribution in [0.4, 0.5) is 0 Å². The van der Waals surface area contributed by atoms with Crippen LogP contribution in [0.2, 0.25) is 0 Å². The number of nitrogens with one attached hydrogen (secondary N) is 14. The van der Waals surface area contributed by atoms with Gasteiger partial charge in [-0.05, 0) is 84.3 Å². The number of phenols is 2. The largest absolute Gasteiger partial charge is 0.508 e. The number of para-hydroxylation sites is 1. The molecule has 0 aliphatic carbocycles. The van der Waals surface area contributed by atoms with E-state index in [1.54, 1.807) is 103 Å². The number of phenolic OH excluding ortho intramolecular Hbond substituents is 2. The van der Waals surface area contributed by atoms with Crippen LogP contribution in [0.3, 0.4) is 0 Å². The van der Waals surface area contributed by atoms with Gasteiger partial charge < -0.3 is 107 Å².